The number of aliphatic hydroxyl groups excluding tert-OH is 3. The molecule has 9 rings (SSSR count). The van der Waals surface area contributed by atoms with Gasteiger partial charge in [-0.05, 0) is 62.4 Å². The third-order valence-corrected chi connectivity index (χ3v) is 15.9. The van der Waals surface area contributed by atoms with Crippen LogP contribution in [0.3, 0.4) is 0 Å². The van der Waals surface area contributed by atoms with Gasteiger partial charge in [0.15, 0.2) is 5.79 Å². The smallest absolute Gasteiger partial charge is 0.228 e. The van der Waals surface area contributed by atoms with Crippen LogP contribution in [0.2, 0.25) is 0 Å². The minimum absolute atomic E-state index is 0.00466. The highest BCUT2D eigenvalue weighted by atomic mass is 16.7. The molecule has 0 radical (unpaired) electrons. The third kappa shape index (κ3) is 14.4. The highest BCUT2D eigenvalue weighted by Crippen LogP contribution is 2.40. The Balaban J connectivity index is 0.000000179. The molecule has 0 bridgehead atoms. The number of benzene rings is 4. The number of carbonyl (C=O) groups excluding carboxylic acids is 5. The molecule has 10 atom stereocenters. The zero-order chi connectivity index (χ0) is 61.0. The molecule has 454 valence electrons. The van der Waals surface area contributed by atoms with Crippen LogP contribution in [-0.2, 0) is 59.6 Å². The van der Waals surface area contributed by atoms with Gasteiger partial charge in [-0.2, -0.15) is 0 Å². The molecule has 3 N–H and O–H groups in total. The summed E-state index contributed by atoms with van der Waals surface area (Å²) in [7, 11) is 12.7. The van der Waals surface area contributed by atoms with Crippen LogP contribution in [0.15, 0.2) is 72.8 Å². The molecule has 22 heteroatoms. The van der Waals surface area contributed by atoms with Gasteiger partial charge in [0.2, 0.25) is 23.6 Å². The van der Waals surface area contributed by atoms with Crippen LogP contribution in [-0.4, -0.2) is 184 Å². The van der Waals surface area contributed by atoms with Crippen molar-refractivity contribution in [1.29, 1.82) is 0 Å². The number of aldehydes is 1. The van der Waals surface area contributed by atoms with Crippen molar-refractivity contribution in [2.45, 2.75) is 110 Å². The summed E-state index contributed by atoms with van der Waals surface area (Å²) in [6, 6.07) is 21.1. The van der Waals surface area contributed by atoms with Crippen LogP contribution < -0.4 is 37.9 Å². The third-order valence-electron chi connectivity index (χ3n) is 15.9. The van der Waals surface area contributed by atoms with Gasteiger partial charge in [0, 0.05) is 66.2 Å². The van der Waals surface area contributed by atoms with Gasteiger partial charge in [0.05, 0.1) is 137 Å². The maximum absolute atomic E-state index is 12.4. The Bertz CT molecular complexity index is 2890. The van der Waals surface area contributed by atoms with Gasteiger partial charge < -0.3 is 87.1 Å². The average Bonchev–Trinajstić information content (AvgIpc) is 3.02. The molecular formula is C61H82N4O18. The summed E-state index contributed by atoms with van der Waals surface area (Å²) in [5.74, 6) is 4.37. The minimum atomic E-state index is -0.929. The maximum Gasteiger partial charge on any atom is 0.228 e. The van der Waals surface area contributed by atoms with E-state index in [9.17, 15) is 34.2 Å². The lowest BCUT2D eigenvalue weighted by Crippen LogP contribution is -2.64. The van der Waals surface area contributed by atoms with Crippen LogP contribution in [0.25, 0.3) is 0 Å². The van der Waals surface area contributed by atoms with Crippen molar-refractivity contribution in [2.75, 3.05) is 76.7 Å². The van der Waals surface area contributed by atoms with Gasteiger partial charge in [0.1, 0.15) is 58.4 Å². The topological polar surface area (TPSA) is 251 Å². The quantitative estimate of drug-likeness (QED) is 0.0741. The first kappa shape index (κ1) is 64.8. The van der Waals surface area contributed by atoms with Gasteiger partial charge in [-0.1, -0.05) is 27.7 Å². The molecule has 0 unspecified atom stereocenters. The molecule has 5 aliphatic rings. The fourth-order valence-electron chi connectivity index (χ4n) is 10.9. The van der Waals surface area contributed by atoms with Crippen molar-refractivity contribution in [3.63, 3.8) is 0 Å². The van der Waals surface area contributed by atoms with E-state index in [1.54, 1.807) is 110 Å². The van der Waals surface area contributed by atoms with Crippen LogP contribution in [0.5, 0.6) is 46.0 Å². The van der Waals surface area contributed by atoms with Gasteiger partial charge in [0.25, 0.3) is 0 Å². The van der Waals surface area contributed by atoms with Crippen molar-refractivity contribution >= 4 is 29.9 Å². The molecule has 5 fully saturated rings. The number of methoxy groups -OCH3 is 8. The fourth-order valence-corrected chi connectivity index (χ4v) is 10.9. The highest BCUT2D eigenvalue weighted by Gasteiger charge is 2.53. The Labute approximate surface area is 485 Å². The van der Waals surface area contributed by atoms with Gasteiger partial charge in [-0.25, -0.2) is 0 Å². The second kappa shape index (κ2) is 28.7. The van der Waals surface area contributed by atoms with E-state index in [0.29, 0.717) is 73.0 Å². The van der Waals surface area contributed by atoms with E-state index in [2.05, 4.69) is 0 Å². The lowest BCUT2D eigenvalue weighted by atomic mass is 9.84. The Morgan fingerprint density at radius 1 is 0.530 bits per heavy atom. The molecule has 5 saturated heterocycles. The van der Waals surface area contributed by atoms with Crippen molar-refractivity contribution in [3.8, 4) is 46.0 Å². The number of β-lactam (4-membered cyclic amide) rings is 4. The molecule has 4 aromatic rings. The van der Waals surface area contributed by atoms with Gasteiger partial charge >= 0.3 is 0 Å². The van der Waals surface area contributed by atoms with Crippen molar-refractivity contribution in [1.82, 2.24) is 19.6 Å². The summed E-state index contributed by atoms with van der Waals surface area (Å²) in [5, 5.41) is 28.2. The lowest BCUT2D eigenvalue weighted by Gasteiger charge is -2.48. The standard InChI is InChI=1S/C18H25NO5.C15H21NO5.C14H19NO4.C14H17NO4/c1-11-16(15-10-23-18(2,3)24-15)19(17(11)20)9-12-6-7-13(21-4)8-14(12)22-5;1-9-14(12(18)8-17)16(15(9)19)7-10-4-5-11(20-2)6-13(10)21-3;2*1-9-12(8-16)15(14(9)17)7-10-4-5-11(18-2)6-13(10)19-3/h6-8,11,15-16H,9-10H2,1-5H3;4-6,9,12,14,17-18H,7-8H2,1-3H3;4-6,9,12,16H,7-8H2,1-3H3;4-6,8-9,12H,7H2,1-3H3/t11-,15-,16-;9-,12-,14-;2*9-,12+/m0000/s1. The summed E-state index contributed by atoms with van der Waals surface area (Å²) < 4.78 is 53.6. The molecule has 5 heterocycles. The monoisotopic (exact) mass is 1160 g/mol. The molecule has 0 spiro atoms. The number of hydrogen-bond donors (Lipinski definition) is 3. The van der Waals surface area contributed by atoms with E-state index >= 15 is 0 Å². The van der Waals surface area contributed by atoms with E-state index in [4.69, 9.17) is 52.5 Å². The van der Waals surface area contributed by atoms with E-state index in [1.165, 1.54) is 0 Å². The van der Waals surface area contributed by atoms with E-state index < -0.39 is 11.9 Å². The minimum Gasteiger partial charge on any atom is -0.497 e. The number of amides is 4. The lowest BCUT2D eigenvalue weighted by molar-refractivity contribution is -0.179. The van der Waals surface area contributed by atoms with Crippen LogP contribution in [0.1, 0.15) is 63.8 Å². The second-order valence-electron chi connectivity index (χ2n) is 21.2. The molecule has 0 aromatic heterocycles. The summed E-state index contributed by atoms with van der Waals surface area (Å²) >= 11 is 0. The van der Waals surface area contributed by atoms with Crippen molar-refractivity contribution in [3.05, 3.63) is 95.1 Å². The molecule has 5 aliphatic heterocycles. The molecular weight excluding hydrogens is 1080 g/mol. The number of likely N-dealkylation sites (tertiary alicyclic amines) is 4. The summed E-state index contributed by atoms with van der Waals surface area (Å²) in [4.78, 5) is 65.5. The SMILES string of the molecule is COc1ccc(CN2C(=O)[C@@H](C)[C@H]2C=O)c(OC)c1.COc1ccc(CN2C(=O)[C@@H](C)[C@H]2CO)c(OC)c1.COc1ccc(CN2C(=O)[C@@H](C)[C@H]2[C@@H](O)CO)c(OC)c1.COc1ccc(CN2C(=O)[C@@H](C)[C@H]2[C@@H]2COC(C)(C)O2)c(OC)c1. The van der Waals surface area contributed by atoms with Crippen LogP contribution in [0, 0.1) is 23.7 Å². The van der Waals surface area contributed by atoms with E-state index in [-0.39, 0.29) is 90.8 Å². The predicted molar refractivity (Wildman–Crippen MR) is 303 cm³/mol. The number of ether oxygens (including phenoxy) is 10. The number of aliphatic hydroxyl groups is 3. The molecule has 0 aliphatic carbocycles. The molecule has 22 nitrogen and oxygen atoms in total. The normalized spacial score (nSPS) is 24.1. The van der Waals surface area contributed by atoms with Crippen molar-refractivity contribution in [2.24, 2.45) is 23.7 Å². The maximum atomic E-state index is 12.4. The summed E-state index contributed by atoms with van der Waals surface area (Å²) in [6.07, 6.45) is -0.207. The Hall–Kier alpha value is -7.37. The number of carbonyl (C=O) groups is 5. The number of rotatable bonds is 21. The first-order chi connectivity index (χ1) is 39.6. The van der Waals surface area contributed by atoms with Crippen molar-refractivity contribution < 1.29 is 86.7 Å². The Morgan fingerprint density at radius 2 is 0.904 bits per heavy atom. The fraction of sp³-hybridized carbons (Fsp3) is 0.525. The molecule has 0 saturated carbocycles. The molecule has 4 amide bonds. The van der Waals surface area contributed by atoms with Gasteiger partial charge in [-0.15, -0.1) is 0 Å². The van der Waals surface area contributed by atoms with E-state index in [1.807, 2.05) is 81.1 Å². The van der Waals surface area contributed by atoms with Crippen LogP contribution >= 0.6 is 0 Å². The molecule has 83 heavy (non-hydrogen) atoms. The molecule has 4 aromatic carbocycles. The second-order valence-corrected chi connectivity index (χ2v) is 21.2. The average molecular weight is 1160 g/mol. The first-order valence-corrected chi connectivity index (χ1v) is 27.4. The predicted octanol–water partition coefficient (Wildman–Crippen LogP) is 4.90. The summed E-state index contributed by atoms with van der Waals surface area (Å²) in [5.41, 5.74) is 3.54. The first-order valence-electron chi connectivity index (χ1n) is 27.4. The highest BCUT2D eigenvalue weighted by molar-refractivity contribution is 5.92. The summed E-state index contributed by atoms with van der Waals surface area (Å²) in [6.45, 7) is 12.9. The van der Waals surface area contributed by atoms with E-state index in [0.717, 1.165) is 34.3 Å². The zero-order valence-corrected chi connectivity index (χ0v) is 50.0. The number of nitrogens with zero attached hydrogens (tertiary/aromatic N) is 4. The largest absolute Gasteiger partial charge is 0.497 e. The van der Waals surface area contributed by atoms with Crippen LogP contribution in [0.4, 0.5) is 0 Å². The van der Waals surface area contributed by atoms with Gasteiger partial charge in [-0.3, -0.25) is 19.2 Å². The number of hydrogen-bond acceptors (Lipinski definition) is 18. The zero-order valence-electron chi connectivity index (χ0n) is 50.0. The Kier molecular flexibility index (Phi) is 22.4. The Morgan fingerprint density at radius 3 is 1.27 bits per heavy atom.